The van der Waals surface area contributed by atoms with Gasteiger partial charge in [-0.1, -0.05) is 18.2 Å². The van der Waals surface area contributed by atoms with Crippen molar-refractivity contribution in [2.75, 3.05) is 29.9 Å². The summed E-state index contributed by atoms with van der Waals surface area (Å²) in [5.74, 6) is 0.924. The molecule has 0 fully saturated rings. The molecule has 1 unspecified atom stereocenters. The summed E-state index contributed by atoms with van der Waals surface area (Å²) in [5, 5.41) is 3.77. The molecule has 30 heavy (non-hydrogen) atoms. The van der Waals surface area contributed by atoms with Crippen LogP contribution in [0, 0.1) is 0 Å². The van der Waals surface area contributed by atoms with Crippen LogP contribution in [-0.2, 0) is 10.0 Å². The number of furan rings is 1. The molecule has 0 spiro atoms. The first kappa shape index (κ1) is 21.5. The van der Waals surface area contributed by atoms with Crippen molar-refractivity contribution in [3.05, 3.63) is 54.3 Å². The van der Waals surface area contributed by atoms with Gasteiger partial charge in [-0.25, -0.2) is 13.2 Å². The Labute approximate surface area is 175 Å². The number of nitrogens with zero attached hydrogens (tertiary/aromatic N) is 1. The van der Waals surface area contributed by atoms with Gasteiger partial charge in [0.25, 0.3) is 0 Å². The summed E-state index contributed by atoms with van der Waals surface area (Å²) >= 11 is 0. The number of anilines is 2. The van der Waals surface area contributed by atoms with Crippen molar-refractivity contribution in [1.29, 1.82) is 0 Å². The van der Waals surface area contributed by atoms with E-state index in [2.05, 4.69) is 10.0 Å². The first-order chi connectivity index (χ1) is 14.2. The second kappa shape index (κ2) is 8.66. The number of para-hydroxylation sites is 1. The Hall–Kier alpha value is -3.20. The molecule has 2 amide bonds. The van der Waals surface area contributed by atoms with Crippen LogP contribution in [0.1, 0.15) is 25.6 Å². The fourth-order valence-corrected chi connectivity index (χ4v) is 3.53. The SMILES string of the molecule is CCS(=O)(=O)Nc1ccc(NC(=O)N(C)C(C)c2cc3ccccc3o2)cc1OC. The van der Waals surface area contributed by atoms with E-state index >= 15 is 0 Å². The van der Waals surface area contributed by atoms with E-state index in [0.717, 1.165) is 11.0 Å². The van der Waals surface area contributed by atoms with Crippen LogP contribution in [0.15, 0.2) is 52.9 Å². The number of urea groups is 1. The summed E-state index contributed by atoms with van der Waals surface area (Å²) in [4.78, 5) is 14.2. The Bertz CT molecular complexity index is 1120. The highest BCUT2D eigenvalue weighted by atomic mass is 32.2. The van der Waals surface area contributed by atoms with Gasteiger partial charge >= 0.3 is 6.03 Å². The topological polar surface area (TPSA) is 101 Å². The Kier molecular flexibility index (Phi) is 6.21. The van der Waals surface area contributed by atoms with E-state index in [1.54, 1.807) is 32.2 Å². The monoisotopic (exact) mass is 431 g/mol. The lowest BCUT2D eigenvalue weighted by atomic mass is 10.2. The van der Waals surface area contributed by atoms with Crippen molar-refractivity contribution in [3.63, 3.8) is 0 Å². The van der Waals surface area contributed by atoms with Gasteiger partial charge in [-0.3, -0.25) is 4.72 Å². The molecule has 3 rings (SSSR count). The third-order valence-electron chi connectivity index (χ3n) is 4.86. The van der Waals surface area contributed by atoms with Crippen molar-refractivity contribution >= 4 is 38.4 Å². The van der Waals surface area contributed by atoms with E-state index in [0.29, 0.717) is 22.9 Å². The Morgan fingerprint density at radius 2 is 1.93 bits per heavy atom. The van der Waals surface area contributed by atoms with Crippen LogP contribution >= 0.6 is 0 Å². The molecule has 1 aromatic heterocycles. The van der Waals surface area contributed by atoms with Crippen LogP contribution in [0.5, 0.6) is 5.75 Å². The number of carbonyl (C=O) groups is 1. The molecule has 3 aromatic rings. The number of hydrogen-bond donors (Lipinski definition) is 2. The summed E-state index contributed by atoms with van der Waals surface area (Å²) in [6, 6.07) is 13.7. The molecule has 8 nitrogen and oxygen atoms in total. The molecule has 0 radical (unpaired) electrons. The summed E-state index contributed by atoms with van der Waals surface area (Å²) < 4.78 is 37.2. The number of carbonyl (C=O) groups excluding carboxylic acids is 1. The van der Waals surface area contributed by atoms with Gasteiger partial charge in [0.2, 0.25) is 10.0 Å². The second-order valence-electron chi connectivity index (χ2n) is 6.82. The van der Waals surface area contributed by atoms with Crippen LogP contribution in [0.4, 0.5) is 16.2 Å². The fourth-order valence-electron chi connectivity index (χ4n) is 2.88. The van der Waals surface area contributed by atoms with Gasteiger partial charge in [-0.2, -0.15) is 0 Å². The van der Waals surface area contributed by atoms with Gasteiger partial charge in [0, 0.05) is 24.2 Å². The maximum Gasteiger partial charge on any atom is 0.322 e. The Morgan fingerprint density at radius 3 is 2.60 bits per heavy atom. The minimum atomic E-state index is -3.44. The van der Waals surface area contributed by atoms with Gasteiger partial charge in [0.05, 0.1) is 24.6 Å². The summed E-state index contributed by atoms with van der Waals surface area (Å²) in [6.07, 6.45) is 0. The first-order valence-electron chi connectivity index (χ1n) is 9.45. The summed E-state index contributed by atoms with van der Waals surface area (Å²) in [5.41, 5.74) is 1.55. The first-order valence-corrected chi connectivity index (χ1v) is 11.1. The highest BCUT2D eigenvalue weighted by Crippen LogP contribution is 2.30. The molecule has 0 aliphatic rings. The predicted octanol–water partition coefficient (Wildman–Crippen LogP) is 4.43. The highest BCUT2D eigenvalue weighted by Gasteiger charge is 2.21. The number of rotatable bonds is 7. The van der Waals surface area contributed by atoms with E-state index in [-0.39, 0.29) is 17.8 Å². The molecule has 160 valence electrons. The van der Waals surface area contributed by atoms with Gasteiger partial charge < -0.3 is 19.4 Å². The number of ether oxygens (including phenoxy) is 1. The fraction of sp³-hybridized carbons (Fsp3) is 0.286. The standard InChI is InChI=1S/C21H25N3O5S/c1-5-30(26,27)23-17-11-10-16(13-20(17)28-4)22-21(25)24(3)14(2)19-12-15-8-6-7-9-18(15)29-19/h6-14,23H,5H2,1-4H3,(H,22,25). The second-order valence-corrected chi connectivity index (χ2v) is 8.84. The van der Waals surface area contributed by atoms with E-state index in [1.807, 2.05) is 37.3 Å². The van der Waals surface area contributed by atoms with E-state index < -0.39 is 10.0 Å². The lowest BCUT2D eigenvalue weighted by molar-refractivity contribution is 0.201. The van der Waals surface area contributed by atoms with Crippen LogP contribution in [-0.4, -0.2) is 39.3 Å². The summed E-state index contributed by atoms with van der Waals surface area (Å²) in [6.45, 7) is 3.42. The van der Waals surface area contributed by atoms with E-state index in [9.17, 15) is 13.2 Å². The molecule has 0 aliphatic heterocycles. The average Bonchev–Trinajstić information content (AvgIpc) is 3.17. The van der Waals surface area contributed by atoms with Gasteiger partial charge in [-0.15, -0.1) is 0 Å². The van der Waals surface area contributed by atoms with Crippen molar-refractivity contribution in [2.24, 2.45) is 0 Å². The molecule has 1 heterocycles. The van der Waals surface area contributed by atoms with Crippen LogP contribution in [0.2, 0.25) is 0 Å². The van der Waals surface area contributed by atoms with Crippen molar-refractivity contribution in [1.82, 2.24) is 4.90 Å². The Morgan fingerprint density at radius 1 is 1.20 bits per heavy atom. The molecule has 0 bridgehead atoms. The van der Waals surface area contributed by atoms with Gasteiger partial charge in [0.1, 0.15) is 17.1 Å². The van der Waals surface area contributed by atoms with Crippen molar-refractivity contribution in [3.8, 4) is 5.75 Å². The minimum Gasteiger partial charge on any atom is -0.494 e. The minimum absolute atomic E-state index is 0.0564. The zero-order valence-electron chi connectivity index (χ0n) is 17.3. The smallest absolute Gasteiger partial charge is 0.322 e. The van der Waals surface area contributed by atoms with Crippen LogP contribution < -0.4 is 14.8 Å². The number of hydrogen-bond acceptors (Lipinski definition) is 5. The quantitative estimate of drug-likeness (QED) is 0.576. The lowest BCUT2D eigenvalue weighted by Gasteiger charge is -2.24. The van der Waals surface area contributed by atoms with Gasteiger partial charge in [0.15, 0.2) is 0 Å². The van der Waals surface area contributed by atoms with Gasteiger partial charge in [-0.05, 0) is 38.1 Å². The third kappa shape index (κ3) is 4.68. The molecular weight excluding hydrogens is 406 g/mol. The maximum absolute atomic E-state index is 12.7. The largest absolute Gasteiger partial charge is 0.494 e. The average molecular weight is 432 g/mol. The zero-order chi connectivity index (χ0) is 21.9. The van der Waals surface area contributed by atoms with E-state index in [4.69, 9.17) is 9.15 Å². The van der Waals surface area contributed by atoms with Crippen molar-refractivity contribution in [2.45, 2.75) is 19.9 Å². The highest BCUT2D eigenvalue weighted by molar-refractivity contribution is 7.92. The molecule has 2 aromatic carbocycles. The number of sulfonamides is 1. The van der Waals surface area contributed by atoms with E-state index in [1.165, 1.54) is 12.0 Å². The zero-order valence-corrected chi connectivity index (χ0v) is 18.1. The number of benzene rings is 2. The molecular formula is C21H25N3O5S. The number of methoxy groups -OCH3 is 1. The molecule has 9 heteroatoms. The maximum atomic E-state index is 12.7. The van der Waals surface area contributed by atoms with Crippen LogP contribution in [0.3, 0.4) is 0 Å². The normalized spacial score (nSPS) is 12.4. The molecule has 2 N–H and O–H groups in total. The number of amides is 2. The molecule has 1 atom stereocenters. The number of fused-ring (bicyclic) bond motifs is 1. The van der Waals surface area contributed by atoms with Crippen molar-refractivity contribution < 1.29 is 22.4 Å². The molecule has 0 aliphatic carbocycles. The molecule has 0 saturated heterocycles. The molecule has 0 saturated carbocycles. The third-order valence-corrected chi connectivity index (χ3v) is 6.15. The summed E-state index contributed by atoms with van der Waals surface area (Å²) in [7, 11) is -0.338. The Balaban J connectivity index is 1.74. The predicted molar refractivity (Wildman–Crippen MR) is 117 cm³/mol. The lowest BCUT2D eigenvalue weighted by Crippen LogP contribution is -2.33. The van der Waals surface area contributed by atoms with Crippen LogP contribution in [0.25, 0.3) is 11.0 Å². The number of nitrogens with one attached hydrogen (secondary N) is 2.